The van der Waals surface area contributed by atoms with Crippen LogP contribution in [-0.2, 0) is 0 Å². The van der Waals surface area contributed by atoms with E-state index in [0.717, 1.165) is 5.69 Å². The lowest BCUT2D eigenvalue weighted by atomic mass is 10.1. The second-order valence-corrected chi connectivity index (χ2v) is 4.63. The average molecular weight is 212 g/mol. The Hall–Kier alpha value is -0.770. The second-order valence-electron chi connectivity index (χ2n) is 3.40. The average Bonchev–Trinajstić information content (AvgIpc) is 2.23. The lowest BCUT2D eigenvalue weighted by Crippen LogP contribution is -2.24. The summed E-state index contributed by atoms with van der Waals surface area (Å²) in [5, 5.41) is 3.37. The van der Waals surface area contributed by atoms with Gasteiger partial charge in [0.25, 0.3) is 0 Å². The Morgan fingerprint density at radius 2 is 2.14 bits per heavy atom. The first-order chi connectivity index (χ1) is 6.84. The topological polar surface area (TPSA) is 24.9 Å². The summed E-state index contributed by atoms with van der Waals surface area (Å²) >= 11 is 2.00. The summed E-state index contributed by atoms with van der Waals surface area (Å²) in [6, 6.07) is 3.66. The van der Waals surface area contributed by atoms with Crippen LogP contribution in [0.5, 0.6) is 0 Å². The highest BCUT2D eigenvalue weighted by molar-refractivity contribution is 7.99. The Balaban J connectivity index is 1.92. The minimum Gasteiger partial charge on any atom is -0.381 e. The van der Waals surface area contributed by atoms with Crippen molar-refractivity contribution in [1.29, 1.82) is 0 Å². The summed E-state index contributed by atoms with van der Waals surface area (Å²) < 4.78 is 12.5. The summed E-state index contributed by atoms with van der Waals surface area (Å²) in [7, 11) is 0. The molecule has 0 saturated carbocycles. The van der Waals surface area contributed by atoms with Crippen molar-refractivity contribution in [2.75, 3.05) is 16.8 Å². The Bertz CT molecular complexity index is 283. The Morgan fingerprint density at radius 1 is 1.36 bits per heavy atom. The third kappa shape index (κ3) is 2.61. The van der Waals surface area contributed by atoms with Gasteiger partial charge in [-0.3, -0.25) is 0 Å². The van der Waals surface area contributed by atoms with E-state index in [0.29, 0.717) is 6.04 Å². The first kappa shape index (κ1) is 9.77. The first-order valence-electron chi connectivity index (χ1n) is 4.80. The molecule has 76 valence electrons. The van der Waals surface area contributed by atoms with Gasteiger partial charge < -0.3 is 5.32 Å². The molecule has 1 aliphatic rings. The van der Waals surface area contributed by atoms with E-state index in [-0.39, 0.29) is 0 Å². The van der Waals surface area contributed by atoms with Gasteiger partial charge in [-0.1, -0.05) is 0 Å². The molecular weight excluding hydrogens is 199 g/mol. The predicted octanol–water partition coefficient (Wildman–Crippen LogP) is 2.53. The first-order valence-corrected chi connectivity index (χ1v) is 5.96. The van der Waals surface area contributed by atoms with Crippen LogP contribution < -0.4 is 5.32 Å². The smallest absolute Gasteiger partial charge is 0.212 e. The zero-order chi connectivity index (χ0) is 9.80. The molecule has 0 atom stereocenters. The van der Waals surface area contributed by atoms with Crippen LogP contribution in [-0.4, -0.2) is 22.5 Å². The van der Waals surface area contributed by atoms with E-state index in [1.165, 1.54) is 30.4 Å². The monoisotopic (exact) mass is 212 g/mol. The van der Waals surface area contributed by atoms with Crippen LogP contribution in [0, 0.1) is 5.95 Å². The summed E-state index contributed by atoms with van der Waals surface area (Å²) in [4.78, 5) is 3.61. The molecule has 0 radical (unpaired) electrons. The molecule has 14 heavy (non-hydrogen) atoms. The minimum atomic E-state index is -0.422. The molecule has 0 aliphatic carbocycles. The summed E-state index contributed by atoms with van der Waals surface area (Å²) in [5.41, 5.74) is 0.920. The zero-order valence-electron chi connectivity index (χ0n) is 7.87. The SMILES string of the molecule is Fc1ccc(NC2CCSCC2)cn1. The molecule has 1 saturated heterocycles. The van der Waals surface area contributed by atoms with Crippen LogP contribution in [0.2, 0.25) is 0 Å². The Labute approximate surface area is 87.3 Å². The molecule has 1 N–H and O–H groups in total. The quantitative estimate of drug-likeness (QED) is 0.762. The molecule has 1 fully saturated rings. The molecule has 2 rings (SSSR count). The fraction of sp³-hybridized carbons (Fsp3) is 0.500. The van der Waals surface area contributed by atoms with Crippen molar-refractivity contribution < 1.29 is 4.39 Å². The Morgan fingerprint density at radius 3 is 2.79 bits per heavy atom. The van der Waals surface area contributed by atoms with Crippen molar-refractivity contribution in [2.45, 2.75) is 18.9 Å². The summed E-state index contributed by atoms with van der Waals surface area (Å²) in [6.07, 6.45) is 3.92. The molecule has 2 heterocycles. The van der Waals surface area contributed by atoms with E-state index in [2.05, 4.69) is 10.3 Å². The van der Waals surface area contributed by atoms with Crippen LogP contribution in [0.3, 0.4) is 0 Å². The van der Waals surface area contributed by atoms with E-state index in [1.807, 2.05) is 11.8 Å². The van der Waals surface area contributed by atoms with Gasteiger partial charge in [-0.15, -0.1) is 0 Å². The van der Waals surface area contributed by atoms with E-state index in [1.54, 1.807) is 12.3 Å². The van der Waals surface area contributed by atoms with E-state index < -0.39 is 5.95 Å². The van der Waals surface area contributed by atoms with Gasteiger partial charge in [-0.2, -0.15) is 16.2 Å². The molecule has 1 aromatic heterocycles. The molecule has 1 aliphatic heterocycles. The van der Waals surface area contributed by atoms with E-state index in [4.69, 9.17) is 0 Å². The molecule has 0 unspecified atom stereocenters. The van der Waals surface area contributed by atoms with Crippen LogP contribution in [0.15, 0.2) is 18.3 Å². The van der Waals surface area contributed by atoms with Gasteiger partial charge in [-0.25, -0.2) is 4.98 Å². The fourth-order valence-corrected chi connectivity index (χ4v) is 2.65. The second kappa shape index (κ2) is 4.64. The number of anilines is 1. The molecule has 2 nitrogen and oxygen atoms in total. The van der Waals surface area contributed by atoms with Crippen LogP contribution >= 0.6 is 11.8 Å². The lowest BCUT2D eigenvalue weighted by molar-refractivity contribution is 0.583. The largest absolute Gasteiger partial charge is 0.381 e. The van der Waals surface area contributed by atoms with Crippen LogP contribution in [0.1, 0.15) is 12.8 Å². The number of hydrogen-bond acceptors (Lipinski definition) is 3. The number of pyridine rings is 1. The standard InChI is InChI=1S/C10H13FN2S/c11-10-2-1-9(7-12-10)13-8-3-5-14-6-4-8/h1-2,7-8,13H,3-6H2. The number of thioether (sulfide) groups is 1. The van der Waals surface area contributed by atoms with Crippen molar-refractivity contribution in [3.05, 3.63) is 24.3 Å². The molecule has 0 aromatic carbocycles. The highest BCUT2D eigenvalue weighted by Crippen LogP contribution is 2.20. The highest BCUT2D eigenvalue weighted by Gasteiger charge is 2.12. The number of halogens is 1. The third-order valence-electron chi connectivity index (χ3n) is 2.32. The number of nitrogens with zero attached hydrogens (tertiary/aromatic N) is 1. The minimum absolute atomic E-state index is 0.422. The molecular formula is C10H13FN2S. The highest BCUT2D eigenvalue weighted by atomic mass is 32.2. The number of aromatic nitrogens is 1. The molecule has 1 aromatic rings. The molecule has 0 bridgehead atoms. The van der Waals surface area contributed by atoms with Crippen molar-refractivity contribution >= 4 is 17.4 Å². The molecule has 0 spiro atoms. The maximum absolute atomic E-state index is 12.5. The van der Waals surface area contributed by atoms with Gasteiger partial charge in [0, 0.05) is 6.04 Å². The predicted molar refractivity (Wildman–Crippen MR) is 58.2 cm³/mol. The Kier molecular flexibility index (Phi) is 3.24. The summed E-state index contributed by atoms with van der Waals surface area (Å²) in [6.45, 7) is 0. The molecule has 0 amide bonds. The van der Waals surface area contributed by atoms with Crippen molar-refractivity contribution in [2.24, 2.45) is 0 Å². The maximum Gasteiger partial charge on any atom is 0.212 e. The zero-order valence-corrected chi connectivity index (χ0v) is 8.69. The van der Waals surface area contributed by atoms with Gasteiger partial charge >= 0.3 is 0 Å². The number of rotatable bonds is 2. The summed E-state index contributed by atoms with van der Waals surface area (Å²) in [5.74, 6) is 2.01. The van der Waals surface area contributed by atoms with Crippen molar-refractivity contribution in [3.63, 3.8) is 0 Å². The lowest BCUT2D eigenvalue weighted by Gasteiger charge is -2.23. The number of nitrogens with one attached hydrogen (secondary N) is 1. The van der Waals surface area contributed by atoms with Gasteiger partial charge in [0.1, 0.15) is 0 Å². The van der Waals surface area contributed by atoms with Gasteiger partial charge in [0.2, 0.25) is 5.95 Å². The van der Waals surface area contributed by atoms with Gasteiger partial charge in [0.15, 0.2) is 0 Å². The van der Waals surface area contributed by atoms with Crippen molar-refractivity contribution in [3.8, 4) is 0 Å². The maximum atomic E-state index is 12.5. The fourth-order valence-electron chi connectivity index (χ4n) is 1.54. The van der Waals surface area contributed by atoms with Crippen LogP contribution in [0.4, 0.5) is 10.1 Å². The number of hydrogen-bond donors (Lipinski definition) is 1. The van der Waals surface area contributed by atoms with E-state index >= 15 is 0 Å². The molecule has 4 heteroatoms. The third-order valence-corrected chi connectivity index (χ3v) is 3.37. The van der Waals surface area contributed by atoms with Gasteiger partial charge in [0.05, 0.1) is 11.9 Å². The normalized spacial score (nSPS) is 18.1. The van der Waals surface area contributed by atoms with Crippen molar-refractivity contribution in [1.82, 2.24) is 4.98 Å². The van der Waals surface area contributed by atoms with Gasteiger partial charge in [-0.05, 0) is 36.5 Å². The van der Waals surface area contributed by atoms with E-state index in [9.17, 15) is 4.39 Å². The van der Waals surface area contributed by atoms with Crippen LogP contribution in [0.25, 0.3) is 0 Å².